The molecule has 1 aliphatic rings. The number of carbonyl (C=O) groups excluding carboxylic acids is 1. The summed E-state index contributed by atoms with van der Waals surface area (Å²) in [5, 5.41) is 3.35. The average Bonchev–Trinajstić information content (AvgIpc) is 3.18. The van der Waals surface area contributed by atoms with Crippen LogP contribution in [-0.4, -0.2) is 26.1 Å². The lowest BCUT2D eigenvalue weighted by Crippen LogP contribution is -2.27. The van der Waals surface area contributed by atoms with E-state index >= 15 is 0 Å². The first-order valence-corrected chi connectivity index (χ1v) is 9.16. The van der Waals surface area contributed by atoms with Crippen molar-refractivity contribution in [2.45, 2.75) is 25.8 Å². The van der Waals surface area contributed by atoms with Crippen LogP contribution in [0.4, 0.5) is 11.4 Å². The molecule has 3 rings (SSSR count). The first kappa shape index (κ1) is 18.4. The van der Waals surface area contributed by atoms with Gasteiger partial charge in [-0.15, -0.1) is 0 Å². The lowest BCUT2D eigenvalue weighted by molar-refractivity contribution is 0.0937. The van der Waals surface area contributed by atoms with E-state index < -0.39 is 0 Å². The predicted octanol–water partition coefficient (Wildman–Crippen LogP) is 4.02. The van der Waals surface area contributed by atoms with E-state index in [1.165, 1.54) is 25.6 Å². The number of carbonyl (C=O) groups is 1. The number of anilines is 2. The van der Waals surface area contributed by atoms with Gasteiger partial charge in [-0.3, -0.25) is 4.79 Å². The minimum absolute atomic E-state index is 0.147. The number of hydrogen-bond donors (Lipinski definition) is 2. The van der Waals surface area contributed by atoms with E-state index in [1.807, 2.05) is 19.1 Å². The van der Waals surface area contributed by atoms with Gasteiger partial charge in [-0.05, 0) is 43.5 Å². The summed E-state index contributed by atoms with van der Waals surface area (Å²) in [7, 11) is 1.50. The maximum absolute atomic E-state index is 12.7. The summed E-state index contributed by atoms with van der Waals surface area (Å²) in [4.78, 5) is 15.1. The molecule has 3 N–H and O–H groups in total. The first-order chi connectivity index (χ1) is 12.5. The smallest absolute Gasteiger partial charge is 0.255 e. The minimum atomic E-state index is -0.247. The van der Waals surface area contributed by atoms with Crippen LogP contribution in [0.3, 0.4) is 0 Å². The van der Waals surface area contributed by atoms with Crippen LogP contribution in [0.15, 0.2) is 36.4 Å². The Labute approximate surface area is 159 Å². The second-order valence-electron chi connectivity index (χ2n) is 6.56. The van der Waals surface area contributed by atoms with Crippen LogP contribution in [0.1, 0.15) is 41.7 Å². The van der Waals surface area contributed by atoms with Crippen molar-refractivity contribution in [2.75, 3.05) is 30.8 Å². The summed E-state index contributed by atoms with van der Waals surface area (Å²) in [5.74, 6) is 0.158. The van der Waals surface area contributed by atoms with Crippen LogP contribution >= 0.6 is 11.6 Å². The molecule has 138 valence electrons. The number of halogens is 1. The third-order valence-corrected chi connectivity index (χ3v) is 5.08. The SMILES string of the molecule is COc1cc(N)c(Cl)cc1C(=O)NC(C)c1cccc(N2CCCC2)c1. The summed E-state index contributed by atoms with van der Waals surface area (Å²) in [6, 6.07) is 11.3. The Morgan fingerprint density at radius 1 is 1.27 bits per heavy atom. The van der Waals surface area contributed by atoms with Crippen molar-refractivity contribution in [1.29, 1.82) is 0 Å². The number of rotatable bonds is 5. The van der Waals surface area contributed by atoms with Gasteiger partial charge in [0.05, 0.1) is 29.4 Å². The Bertz CT molecular complexity index is 804. The van der Waals surface area contributed by atoms with Gasteiger partial charge in [-0.2, -0.15) is 0 Å². The molecule has 5 nitrogen and oxygen atoms in total. The van der Waals surface area contributed by atoms with Crippen molar-refractivity contribution in [3.05, 3.63) is 52.5 Å². The number of benzene rings is 2. The van der Waals surface area contributed by atoms with Crippen LogP contribution in [0.2, 0.25) is 5.02 Å². The first-order valence-electron chi connectivity index (χ1n) is 8.78. The summed E-state index contributed by atoms with van der Waals surface area (Å²) in [6.07, 6.45) is 2.46. The molecule has 26 heavy (non-hydrogen) atoms. The highest BCUT2D eigenvalue weighted by atomic mass is 35.5. The second-order valence-corrected chi connectivity index (χ2v) is 6.97. The fraction of sp³-hybridized carbons (Fsp3) is 0.350. The molecule has 0 radical (unpaired) electrons. The van der Waals surface area contributed by atoms with Gasteiger partial charge >= 0.3 is 0 Å². The summed E-state index contributed by atoms with van der Waals surface area (Å²) >= 11 is 6.07. The zero-order chi connectivity index (χ0) is 18.7. The zero-order valence-corrected chi connectivity index (χ0v) is 15.8. The molecule has 0 aromatic heterocycles. The van der Waals surface area contributed by atoms with E-state index in [4.69, 9.17) is 22.1 Å². The summed E-state index contributed by atoms with van der Waals surface area (Å²) in [6.45, 7) is 4.14. The largest absolute Gasteiger partial charge is 0.496 e. The number of ether oxygens (including phenoxy) is 1. The van der Waals surface area contributed by atoms with E-state index in [1.54, 1.807) is 12.1 Å². The lowest BCUT2D eigenvalue weighted by atomic mass is 10.1. The third-order valence-electron chi connectivity index (χ3n) is 4.75. The highest BCUT2D eigenvalue weighted by molar-refractivity contribution is 6.33. The Kier molecular flexibility index (Phi) is 5.57. The van der Waals surface area contributed by atoms with Gasteiger partial charge in [-0.1, -0.05) is 23.7 Å². The number of nitrogen functional groups attached to an aromatic ring is 1. The van der Waals surface area contributed by atoms with Crippen LogP contribution in [0.25, 0.3) is 0 Å². The number of nitrogens with zero attached hydrogens (tertiary/aromatic N) is 1. The molecule has 1 saturated heterocycles. The van der Waals surface area contributed by atoms with E-state index in [0.29, 0.717) is 22.0 Å². The predicted molar refractivity (Wildman–Crippen MR) is 106 cm³/mol. The normalized spacial score (nSPS) is 15.0. The fourth-order valence-corrected chi connectivity index (χ4v) is 3.40. The van der Waals surface area contributed by atoms with Gasteiger partial charge in [0, 0.05) is 24.8 Å². The molecule has 2 aromatic rings. The monoisotopic (exact) mass is 373 g/mol. The lowest BCUT2D eigenvalue weighted by Gasteiger charge is -2.21. The van der Waals surface area contributed by atoms with Crippen molar-refractivity contribution in [3.8, 4) is 5.75 Å². The molecule has 1 fully saturated rings. The van der Waals surface area contributed by atoms with E-state index in [9.17, 15) is 4.79 Å². The van der Waals surface area contributed by atoms with Crippen molar-refractivity contribution in [2.24, 2.45) is 0 Å². The Hall–Kier alpha value is -2.40. The Morgan fingerprint density at radius 2 is 2.00 bits per heavy atom. The maximum Gasteiger partial charge on any atom is 0.255 e. The number of amides is 1. The Morgan fingerprint density at radius 3 is 2.69 bits per heavy atom. The van der Waals surface area contributed by atoms with Gasteiger partial charge in [0.15, 0.2) is 0 Å². The molecule has 1 amide bonds. The van der Waals surface area contributed by atoms with Crippen LogP contribution < -0.4 is 20.7 Å². The van der Waals surface area contributed by atoms with E-state index in [0.717, 1.165) is 18.7 Å². The molecule has 2 aromatic carbocycles. The summed E-state index contributed by atoms with van der Waals surface area (Å²) in [5.41, 5.74) is 8.80. The standard InChI is InChI=1S/C20H24ClN3O2/c1-13(14-6-5-7-15(10-14)24-8-3-4-9-24)23-20(25)16-11-17(21)18(22)12-19(16)26-2/h5-7,10-13H,3-4,8-9,22H2,1-2H3,(H,23,25). The van der Waals surface area contributed by atoms with Gasteiger partial charge in [0.25, 0.3) is 5.91 Å². The molecular weight excluding hydrogens is 350 g/mol. The quantitative estimate of drug-likeness (QED) is 0.777. The Balaban J connectivity index is 1.77. The molecule has 0 bridgehead atoms. The molecule has 1 heterocycles. The number of nitrogens with one attached hydrogen (secondary N) is 1. The third kappa shape index (κ3) is 3.88. The van der Waals surface area contributed by atoms with Crippen molar-refractivity contribution in [1.82, 2.24) is 5.32 Å². The van der Waals surface area contributed by atoms with Crippen LogP contribution in [0.5, 0.6) is 5.75 Å². The molecule has 1 unspecified atom stereocenters. The van der Waals surface area contributed by atoms with Crippen LogP contribution in [-0.2, 0) is 0 Å². The topological polar surface area (TPSA) is 67.6 Å². The highest BCUT2D eigenvalue weighted by Gasteiger charge is 2.19. The highest BCUT2D eigenvalue weighted by Crippen LogP contribution is 2.30. The van der Waals surface area contributed by atoms with Crippen molar-refractivity contribution >= 4 is 28.9 Å². The molecule has 1 aliphatic heterocycles. The molecule has 1 atom stereocenters. The molecule has 0 aliphatic carbocycles. The minimum Gasteiger partial charge on any atom is -0.496 e. The van der Waals surface area contributed by atoms with E-state index in [-0.39, 0.29) is 11.9 Å². The van der Waals surface area contributed by atoms with Gasteiger partial charge in [0.1, 0.15) is 5.75 Å². The summed E-state index contributed by atoms with van der Waals surface area (Å²) < 4.78 is 5.27. The van der Waals surface area contributed by atoms with E-state index in [2.05, 4.69) is 22.3 Å². The maximum atomic E-state index is 12.7. The number of hydrogen-bond acceptors (Lipinski definition) is 4. The zero-order valence-electron chi connectivity index (χ0n) is 15.1. The number of nitrogens with two attached hydrogens (primary N) is 1. The van der Waals surface area contributed by atoms with Crippen molar-refractivity contribution in [3.63, 3.8) is 0 Å². The van der Waals surface area contributed by atoms with Gasteiger partial charge in [0.2, 0.25) is 0 Å². The fourth-order valence-electron chi connectivity index (χ4n) is 3.24. The average molecular weight is 374 g/mol. The molecule has 0 saturated carbocycles. The molecule has 0 spiro atoms. The second kappa shape index (κ2) is 7.87. The van der Waals surface area contributed by atoms with Gasteiger partial charge < -0.3 is 20.7 Å². The van der Waals surface area contributed by atoms with Crippen LogP contribution in [0, 0.1) is 0 Å². The number of methoxy groups -OCH3 is 1. The molecule has 6 heteroatoms. The van der Waals surface area contributed by atoms with Gasteiger partial charge in [-0.25, -0.2) is 0 Å². The van der Waals surface area contributed by atoms with Crippen molar-refractivity contribution < 1.29 is 9.53 Å². The molecular formula is C20H24ClN3O2.